The second-order valence-corrected chi connectivity index (χ2v) is 10.9. The van der Waals surface area contributed by atoms with E-state index in [1.54, 1.807) is 62.3 Å². The third-order valence-electron chi connectivity index (χ3n) is 7.36. The van der Waals surface area contributed by atoms with Crippen LogP contribution in [0.1, 0.15) is 48.2 Å². The highest BCUT2D eigenvalue weighted by Gasteiger charge is 2.26. The number of aromatic nitrogens is 1. The number of hydrogen-bond acceptors (Lipinski definition) is 5. The lowest BCUT2D eigenvalue weighted by molar-refractivity contribution is 0.0780. The first kappa shape index (κ1) is 27.4. The fourth-order valence-electron chi connectivity index (χ4n) is 5.26. The Labute approximate surface area is 231 Å². The van der Waals surface area contributed by atoms with Gasteiger partial charge in [0, 0.05) is 36.8 Å². The minimum Gasteiger partial charge on any atom is -0.386 e. The highest BCUT2D eigenvalue weighted by molar-refractivity contribution is 6.12. The van der Waals surface area contributed by atoms with Crippen molar-refractivity contribution < 1.29 is 18.7 Å². The number of pyridine rings is 1. The van der Waals surface area contributed by atoms with Crippen molar-refractivity contribution >= 4 is 16.8 Å². The van der Waals surface area contributed by atoms with Gasteiger partial charge in [-0.25, -0.2) is 8.78 Å². The second-order valence-electron chi connectivity index (χ2n) is 10.9. The van der Waals surface area contributed by atoms with Gasteiger partial charge in [0.25, 0.3) is 5.91 Å². The van der Waals surface area contributed by atoms with Crippen LogP contribution in [0.15, 0.2) is 60.8 Å². The Bertz CT molecular complexity index is 1650. The molecule has 4 aromatic rings. The molecule has 3 aromatic carbocycles. The van der Waals surface area contributed by atoms with Gasteiger partial charge in [0.2, 0.25) is 0 Å². The van der Waals surface area contributed by atoms with Crippen molar-refractivity contribution in [2.45, 2.75) is 38.3 Å². The van der Waals surface area contributed by atoms with E-state index in [0.29, 0.717) is 50.8 Å². The van der Waals surface area contributed by atoms with Crippen LogP contribution in [0.25, 0.3) is 33.2 Å². The lowest BCUT2D eigenvalue weighted by atomic mass is 9.90. The average molecular weight is 541 g/mol. The van der Waals surface area contributed by atoms with E-state index >= 15 is 0 Å². The molecule has 1 aliphatic rings. The maximum atomic E-state index is 14.8. The topological polar surface area (TPSA) is 89.2 Å². The third kappa shape index (κ3) is 5.57. The summed E-state index contributed by atoms with van der Waals surface area (Å²) in [6, 6.07) is 15.8. The van der Waals surface area contributed by atoms with E-state index in [0.717, 1.165) is 25.5 Å². The van der Waals surface area contributed by atoms with Crippen LogP contribution in [0.2, 0.25) is 0 Å². The predicted molar refractivity (Wildman–Crippen MR) is 150 cm³/mol. The van der Waals surface area contributed by atoms with Crippen LogP contribution < -0.4 is 5.32 Å². The lowest BCUT2D eigenvalue weighted by Gasteiger charge is -2.24. The largest absolute Gasteiger partial charge is 0.386 e. The number of benzene rings is 3. The molecule has 5 rings (SSSR count). The molecule has 40 heavy (non-hydrogen) atoms. The summed E-state index contributed by atoms with van der Waals surface area (Å²) in [5, 5.41) is 23.9. The Hall–Kier alpha value is -4.19. The average Bonchev–Trinajstić information content (AvgIpc) is 3.43. The van der Waals surface area contributed by atoms with E-state index < -0.39 is 17.2 Å². The quantitative estimate of drug-likeness (QED) is 0.324. The fraction of sp³-hybridized carbons (Fsp3) is 0.281. The first-order valence-electron chi connectivity index (χ1n) is 13.2. The van der Waals surface area contributed by atoms with E-state index in [2.05, 4.69) is 10.3 Å². The first-order chi connectivity index (χ1) is 19.0. The zero-order valence-corrected chi connectivity index (χ0v) is 22.6. The Morgan fingerprint density at radius 3 is 2.55 bits per heavy atom. The van der Waals surface area contributed by atoms with Crippen molar-refractivity contribution in [1.82, 2.24) is 15.2 Å². The molecule has 0 aliphatic carbocycles. The zero-order valence-electron chi connectivity index (χ0n) is 22.6. The molecule has 1 saturated heterocycles. The maximum Gasteiger partial charge on any atom is 0.255 e. The van der Waals surface area contributed by atoms with Gasteiger partial charge in [0.05, 0.1) is 28.3 Å². The number of likely N-dealkylation sites (N-methyl/N-ethyl adjacent to an activating group) is 1. The molecule has 1 amide bonds. The Morgan fingerprint density at radius 1 is 1.10 bits per heavy atom. The van der Waals surface area contributed by atoms with Crippen molar-refractivity contribution in [3.05, 3.63) is 89.1 Å². The van der Waals surface area contributed by atoms with Crippen LogP contribution in [0, 0.1) is 23.0 Å². The molecule has 0 bridgehead atoms. The number of carbonyl (C=O) groups is 1. The molecule has 0 unspecified atom stereocenters. The van der Waals surface area contributed by atoms with E-state index in [9.17, 15) is 23.9 Å². The highest BCUT2D eigenvalue weighted by Crippen LogP contribution is 2.35. The van der Waals surface area contributed by atoms with Gasteiger partial charge in [-0.15, -0.1) is 0 Å². The zero-order chi connectivity index (χ0) is 28.6. The van der Waals surface area contributed by atoms with Crippen molar-refractivity contribution in [2.24, 2.45) is 0 Å². The molecule has 0 radical (unpaired) electrons. The van der Waals surface area contributed by atoms with Crippen LogP contribution in [0.5, 0.6) is 0 Å². The van der Waals surface area contributed by atoms with Gasteiger partial charge in [-0.1, -0.05) is 6.07 Å². The summed E-state index contributed by atoms with van der Waals surface area (Å²) in [6.45, 7) is 4.54. The first-order valence-corrected chi connectivity index (χ1v) is 13.2. The fourth-order valence-corrected chi connectivity index (χ4v) is 5.26. The summed E-state index contributed by atoms with van der Waals surface area (Å²) >= 11 is 0. The standard InChI is InChI=1S/C32H30F2N4O2/c1-32(2,40)23-11-22(13-25(34)15-23)28-17-37-29-7-6-20(21-9-19(16-35)10-24(33)12-21)14-27(29)30(28)31(39)38(3)18-26-5-4-8-36-26/h6-7,9-15,17,26,36,40H,4-5,8,18H2,1-3H3/t26-/m0/s1. The molecule has 8 heteroatoms. The van der Waals surface area contributed by atoms with Crippen LogP contribution in [0.4, 0.5) is 8.78 Å². The molecule has 0 saturated carbocycles. The van der Waals surface area contributed by atoms with Gasteiger partial charge < -0.3 is 15.3 Å². The molecule has 6 nitrogen and oxygen atoms in total. The van der Waals surface area contributed by atoms with Crippen molar-refractivity contribution in [3.8, 4) is 28.3 Å². The van der Waals surface area contributed by atoms with E-state index in [-0.39, 0.29) is 17.5 Å². The van der Waals surface area contributed by atoms with Gasteiger partial charge in [-0.2, -0.15) is 5.26 Å². The van der Waals surface area contributed by atoms with Gasteiger partial charge in [0.15, 0.2) is 0 Å². The number of amides is 1. The van der Waals surface area contributed by atoms with Crippen molar-refractivity contribution in [2.75, 3.05) is 20.1 Å². The van der Waals surface area contributed by atoms with E-state index in [1.807, 2.05) is 6.07 Å². The number of nitrogens with one attached hydrogen (secondary N) is 1. The number of nitrogens with zero attached hydrogens (tertiary/aromatic N) is 3. The minimum atomic E-state index is -1.31. The molecule has 1 aliphatic heterocycles. The lowest BCUT2D eigenvalue weighted by Crippen LogP contribution is -2.38. The predicted octanol–water partition coefficient (Wildman–Crippen LogP) is 5.77. The number of nitriles is 1. The summed E-state index contributed by atoms with van der Waals surface area (Å²) in [5.41, 5.74) is 2.03. The molecule has 1 fully saturated rings. The monoisotopic (exact) mass is 540 g/mol. The van der Waals surface area contributed by atoms with Crippen LogP contribution >= 0.6 is 0 Å². The number of halogens is 2. The maximum absolute atomic E-state index is 14.8. The minimum absolute atomic E-state index is 0.175. The Balaban J connectivity index is 1.73. The van der Waals surface area contributed by atoms with Crippen LogP contribution in [0.3, 0.4) is 0 Å². The number of carbonyl (C=O) groups excluding carboxylic acids is 1. The van der Waals surface area contributed by atoms with Gasteiger partial charge >= 0.3 is 0 Å². The summed E-state index contributed by atoms with van der Waals surface area (Å²) in [5.74, 6) is -1.35. The molecule has 1 atom stereocenters. The number of aliphatic hydroxyl groups is 1. The summed E-state index contributed by atoms with van der Waals surface area (Å²) in [6.07, 6.45) is 3.56. The smallest absolute Gasteiger partial charge is 0.255 e. The normalized spacial score (nSPS) is 15.3. The van der Waals surface area contributed by atoms with Gasteiger partial charge in [-0.3, -0.25) is 9.78 Å². The Kier molecular flexibility index (Phi) is 7.37. The number of rotatable bonds is 6. The molecule has 2 heterocycles. The summed E-state index contributed by atoms with van der Waals surface area (Å²) in [7, 11) is 1.74. The number of hydrogen-bond donors (Lipinski definition) is 2. The van der Waals surface area contributed by atoms with E-state index in [1.165, 1.54) is 18.2 Å². The SMILES string of the molecule is CN(C[C@@H]1CCCN1)C(=O)c1c(-c2cc(F)cc(C(C)(C)O)c2)cnc2ccc(-c3cc(F)cc(C#N)c3)cc12. The van der Waals surface area contributed by atoms with Gasteiger partial charge in [0.1, 0.15) is 11.6 Å². The number of fused-ring (bicyclic) bond motifs is 1. The highest BCUT2D eigenvalue weighted by atomic mass is 19.1. The molecular formula is C32H30F2N4O2. The molecule has 1 aromatic heterocycles. The summed E-state index contributed by atoms with van der Waals surface area (Å²) in [4.78, 5) is 20.4. The van der Waals surface area contributed by atoms with Crippen LogP contribution in [-0.2, 0) is 5.60 Å². The molecular weight excluding hydrogens is 510 g/mol. The molecule has 204 valence electrons. The van der Waals surface area contributed by atoms with Crippen molar-refractivity contribution in [3.63, 3.8) is 0 Å². The molecule has 2 N–H and O–H groups in total. The second kappa shape index (κ2) is 10.8. The third-order valence-corrected chi connectivity index (χ3v) is 7.36. The van der Waals surface area contributed by atoms with E-state index in [4.69, 9.17) is 0 Å². The molecule has 0 spiro atoms. The van der Waals surface area contributed by atoms with Crippen molar-refractivity contribution in [1.29, 1.82) is 5.26 Å². The van der Waals surface area contributed by atoms with Crippen LogP contribution in [-0.4, -0.2) is 47.1 Å². The van der Waals surface area contributed by atoms with Gasteiger partial charge in [-0.05, 0) is 104 Å². The summed E-state index contributed by atoms with van der Waals surface area (Å²) < 4.78 is 29.1. The Morgan fingerprint density at radius 2 is 1.85 bits per heavy atom.